The van der Waals surface area contributed by atoms with Gasteiger partial charge < -0.3 is 10.6 Å². The Kier molecular flexibility index (Phi) is 9.27. The van der Waals surface area contributed by atoms with Crippen LogP contribution in [0.1, 0.15) is 17.3 Å². The molecule has 0 saturated carbocycles. The van der Waals surface area contributed by atoms with E-state index in [0.29, 0.717) is 17.9 Å². The van der Waals surface area contributed by atoms with E-state index < -0.39 is 0 Å². The van der Waals surface area contributed by atoms with Crippen LogP contribution in [0.3, 0.4) is 0 Å². The van der Waals surface area contributed by atoms with Gasteiger partial charge in [0.1, 0.15) is 12.7 Å². The van der Waals surface area contributed by atoms with E-state index in [1.165, 1.54) is 17.3 Å². The van der Waals surface area contributed by atoms with Crippen LogP contribution >= 0.6 is 24.8 Å². The van der Waals surface area contributed by atoms with Crippen molar-refractivity contribution in [3.05, 3.63) is 36.5 Å². The minimum atomic E-state index is -0.123. The van der Waals surface area contributed by atoms with Gasteiger partial charge in [0.2, 0.25) is 0 Å². The van der Waals surface area contributed by atoms with Gasteiger partial charge in [0.25, 0.3) is 5.91 Å². The lowest BCUT2D eigenvalue weighted by Crippen LogP contribution is -2.31. The summed E-state index contributed by atoms with van der Waals surface area (Å²) in [6, 6.07) is 3.35. The first-order chi connectivity index (χ1) is 9.31. The van der Waals surface area contributed by atoms with Gasteiger partial charge in [0.05, 0.1) is 0 Å². The fourth-order valence-electron chi connectivity index (χ4n) is 1.55. The van der Waals surface area contributed by atoms with Crippen LogP contribution < -0.4 is 10.6 Å². The average molecular weight is 333 g/mol. The number of carbonyl (C=O) groups excluding carboxylic acids is 1. The van der Waals surface area contributed by atoms with Crippen molar-refractivity contribution in [1.29, 1.82) is 0 Å². The second kappa shape index (κ2) is 10.1. The molecular weight excluding hydrogens is 315 g/mol. The van der Waals surface area contributed by atoms with Crippen molar-refractivity contribution in [3.63, 3.8) is 0 Å². The Morgan fingerprint density at radius 2 is 2.14 bits per heavy atom. The minimum Gasteiger partial charge on any atom is -0.351 e. The van der Waals surface area contributed by atoms with Crippen LogP contribution in [0.2, 0.25) is 0 Å². The van der Waals surface area contributed by atoms with Gasteiger partial charge in [0.15, 0.2) is 5.82 Å². The molecule has 1 amide bonds. The maximum Gasteiger partial charge on any atom is 0.251 e. The first-order valence-electron chi connectivity index (χ1n) is 6.11. The maximum atomic E-state index is 11.9. The number of hydrogen-bond donors (Lipinski definition) is 2. The molecule has 0 aliphatic heterocycles. The highest BCUT2D eigenvalue weighted by Gasteiger charge is 2.07. The topological polar surface area (TPSA) is 84.7 Å². The lowest BCUT2D eigenvalue weighted by molar-refractivity contribution is 0.0954. The molecule has 0 unspecified atom stereocenters. The molecule has 0 spiro atoms. The third kappa shape index (κ3) is 5.66. The second-order valence-electron chi connectivity index (χ2n) is 3.85. The van der Waals surface area contributed by atoms with E-state index in [2.05, 4.69) is 25.7 Å². The summed E-state index contributed by atoms with van der Waals surface area (Å²) >= 11 is 0. The molecule has 0 aliphatic carbocycles. The normalized spacial score (nSPS) is 9.38. The van der Waals surface area contributed by atoms with Crippen molar-refractivity contribution in [2.75, 3.05) is 19.6 Å². The van der Waals surface area contributed by atoms with Crippen molar-refractivity contribution >= 4 is 30.7 Å². The van der Waals surface area contributed by atoms with Crippen LogP contribution in [-0.2, 0) is 0 Å². The molecule has 2 rings (SSSR count). The SMILES string of the molecule is CCNCCNC(=O)c1ccnc(-n2cncn2)c1.Cl.Cl. The standard InChI is InChI=1S/C12H16N6O.2ClH/c1-2-13-5-6-16-12(19)10-3-4-15-11(7-10)18-9-14-8-17-18;;/h3-4,7-9,13H,2,5-6H2,1H3,(H,16,19);2*1H. The maximum absolute atomic E-state index is 11.9. The first-order valence-corrected chi connectivity index (χ1v) is 6.11. The summed E-state index contributed by atoms with van der Waals surface area (Å²) in [5, 5.41) is 9.95. The third-order valence-corrected chi connectivity index (χ3v) is 2.50. The zero-order valence-corrected chi connectivity index (χ0v) is 13.2. The number of halogens is 2. The predicted octanol–water partition coefficient (Wildman–Crippen LogP) is 0.845. The van der Waals surface area contributed by atoms with E-state index in [0.717, 1.165) is 13.1 Å². The average Bonchev–Trinajstić information content (AvgIpc) is 2.98. The summed E-state index contributed by atoms with van der Waals surface area (Å²) in [4.78, 5) is 19.9. The van der Waals surface area contributed by atoms with Crippen LogP contribution in [0.4, 0.5) is 0 Å². The Hall–Kier alpha value is -1.70. The third-order valence-electron chi connectivity index (χ3n) is 2.50. The highest BCUT2D eigenvalue weighted by Crippen LogP contribution is 2.05. The quantitative estimate of drug-likeness (QED) is 0.766. The Morgan fingerprint density at radius 1 is 1.33 bits per heavy atom. The van der Waals surface area contributed by atoms with Crippen molar-refractivity contribution in [3.8, 4) is 5.82 Å². The van der Waals surface area contributed by atoms with Crippen LogP contribution in [0.15, 0.2) is 31.0 Å². The Bertz CT molecular complexity index is 534. The molecule has 2 aromatic heterocycles. The Morgan fingerprint density at radius 3 is 2.81 bits per heavy atom. The number of amides is 1. The number of nitrogens with one attached hydrogen (secondary N) is 2. The zero-order valence-electron chi connectivity index (χ0n) is 11.5. The highest BCUT2D eigenvalue weighted by molar-refractivity contribution is 5.94. The van der Waals surface area contributed by atoms with Gasteiger partial charge in [-0.05, 0) is 18.7 Å². The van der Waals surface area contributed by atoms with Crippen molar-refractivity contribution in [1.82, 2.24) is 30.4 Å². The number of likely N-dealkylation sites (N-methyl/N-ethyl adjacent to an activating group) is 1. The summed E-state index contributed by atoms with van der Waals surface area (Å²) in [6.07, 6.45) is 4.54. The van der Waals surface area contributed by atoms with Gasteiger partial charge in [-0.15, -0.1) is 24.8 Å². The molecule has 0 radical (unpaired) electrons. The molecule has 9 heteroatoms. The summed E-state index contributed by atoms with van der Waals surface area (Å²) in [7, 11) is 0. The summed E-state index contributed by atoms with van der Waals surface area (Å²) in [5.74, 6) is 0.443. The summed E-state index contributed by atoms with van der Waals surface area (Å²) in [6.45, 7) is 4.26. The lowest BCUT2D eigenvalue weighted by atomic mass is 10.2. The Balaban J connectivity index is 0.00000200. The van der Waals surface area contributed by atoms with E-state index in [4.69, 9.17) is 0 Å². The number of carbonyl (C=O) groups is 1. The van der Waals surface area contributed by atoms with Gasteiger partial charge in [-0.3, -0.25) is 4.79 Å². The zero-order chi connectivity index (χ0) is 13.5. The van der Waals surface area contributed by atoms with Gasteiger partial charge >= 0.3 is 0 Å². The molecule has 0 fully saturated rings. The largest absolute Gasteiger partial charge is 0.351 e. The van der Waals surface area contributed by atoms with Crippen LogP contribution in [0.5, 0.6) is 0 Å². The molecule has 0 aromatic carbocycles. The monoisotopic (exact) mass is 332 g/mol. The van der Waals surface area contributed by atoms with Crippen LogP contribution in [-0.4, -0.2) is 45.3 Å². The van der Waals surface area contributed by atoms with E-state index in [9.17, 15) is 4.79 Å². The lowest BCUT2D eigenvalue weighted by Gasteiger charge is -2.06. The molecule has 2 N–H and O–H groups in total. The van der Waals surface area contributed by atoms with Crippen LogP contribution in [0.25, 0.3) is 5.82 Å². The molecule has 116 valence electrons. The molecule has 0 bridgehead atoms. The van der Waals surface area contributed by atoms with E-state index in [-0.39, 0.29) is 30.7 Å². The highest BCUT2D eigenvalue weighted by atomic mass is 35.5. The fraction of sp³-hybridized carbons (Fsp3) is 0.333. The van der Waals surface area contributed by atoms with Crippen molar-refractivity contribution in [2.45, 2.75) is 6.92 Å². The molecule has 2 heterocycles. The van der Waals surface area contributed by atoms with E-state index in [1.807, 2.05) is 6.92 Å². The number of hydrogen-bond acceptors (Lipinski definition) is 5. The van der Waals surface area contributed by atoms with Crippen LogP contribution in [0, 0.1) is 0 Å². The molecule has 0 aliphatic rings. The fourth-order valence-corrected chi connectivity index (χ4v) is 1.55. The minimum absolute atomic E-state index is 0. The summed E-state index contributed by atoms with van der Waals surface area (Å²) in [5.41, 5.74) is 0.553. The predicted molar refractivity (Wildman–Crippen MR) is 84.5 cm³/mol. The summed E-state index contributed by atoms with van der Waals surface area (Å²) < 4.78 is 1.51. The number of aromatic nitrogens is 4. The molecule has 0 saturated heterocycles. The van der Waals surface area contributed by atoms with Gasteiger partial charge in [-0.1, -0.05) is 6.92 Å². The number of nitrogens with zero attached hydrogens (tertiary/aromatic N) is 4. The van der Waals surface area contributed by atoms with E-state index >= 15 is 0 Å². The molecule has 2 aromatic rings. The Labute approximate surface area is 135 Å². The molecule has 7 nitrogen and oxygen atoms in total. The van der Waals surface area contributed by atoms with Gasteiger partial charge in [-0.25, -0.2) is 14.6 Å². The number of pyridine rings is 1. The number of rotatable bonds is 6. The molecule has 0 atom stereocenters. The van der Waals surface area contributed by atoms with Crippen molar-refractivity contribution < 1.29 is 4.79 Å². The van der Waals surface area contributed by atoms with Crippen molar-refractivity contribution in [2.24, 2.45) is 0 Å². The molecule has 21 heavy (non-hydrogen) atoms. The van der Waals surface area contributed by atoms with E-state index in [1.54, 1.807) is 18.3 Å². The first kappa shape index (κ1) is 19.3. The van der Waals surface area contributed by atoms with Gasteiger partial charge in [0, 0.05) is 24.8 Å². The van der Waals surface area contributed by atoms with Gasteiger partial charge in [-0.2, -0.15) is 5.10 Å². The smallest absolute Gasteiger partial charge is 0.251 e. The molecular formula is C12H18Cl2N6O. The second-order valence-corrected chi connectivity index (χ2v) is 3.85.